The summed E-state index contributed by atoms with van der Waals surface area (Å²) in [5.41, 5.74) is 2.19. The first-order valence-corrected chi connectivity index (χ1v) is 6.58. The third kappa shape index (κ3) is 2.69. The number of aryl methyl sites for hydroxylation is 1. The van der Waals surface area contributed by atoms with Crippen molar-refractivity contribution in [3.63, 3.8) is 0 Å². The normalized spacial score (nSPS) is 10.6. The van der Waals surface area contributed by atoms with E-state index in [1.165, 1.54) is 4.68 Å². The van der Waals surface area contributed by atoms with Gasteiger partial charge < -0.3 is 9.84 Å². The lowest BCUT2D eigenvalue weighted by atomic mass is 10.2. The highest BCUT2D eigenvalue weighted by molar-refractivity contribution is 6.31. The van der Waals surface area contributed by atoms with Crippen LogP contribution in [0.4, 0.5) is 0 Å². The minimum Gasteiger partial charge on any atom is -0.462 e. The van der Waals surface area contributed by atoms with Crippen LogP contribution in [0.15, 0.2) is 24.3 Å². The van der Waals surface area contributed by atoms with Crippen molar-refractivity contribution in [2.75, 3.05) is 6.61 Å². The number of nitrogens with zero attached hydrogens (tertiary/aromatic N) is 2. The van der Waals surface area contributed by atoms with Crippen LogP contribution in [0.1, 0.15) is 28.7 Å². The van der Waals surface area contributed by atoms with Gasteiger partial charge in [0.25, 0.3) is 0 Å². The quantitative estimate of drug-likeness (QED) is 0.880. The Balaban J connectivity index is 2.46. The molecule has 2 aromatic rings. The number of esters is 1. The average molecular weight is 295 g/mol. The fraction of sp³-hybridized carbons (Fsp3) is 0.286. The van der Waals surface area contributed by atoms with E-state index in [1.807, 2.05) is 0 Å². The molecular formula is C14H15ClN2O3. The molecule has 0 aliphatic carbocycles. The van der Waals surface area contributed by atoms with Crippen LogP contribution in [0, 0.1) is 6.92 Å². The predicted molar refractivity (Wildman–Crippen MR) is 75.2 cm³/mol. The molecule has 1 aromatic heterocycles. The number of ether oxygens (including phenoxy) is 1. The van der Waals surface area contributed by atoms with E-state index in [1.54, 1.807) is 38.1 Å². The molecule has 20 heavy (non-hydrogen) atoms. The Hall–Kier alpha value is -1.85. The lowest BCUT2D eigenvalue weighted by Crippen LogP contribution is -2.07. The van der Waals surface area contributed by atoms with Gasteiger partial charge >= 0.3 is 5.97 Å². The van der Waals surface area contributed by atoms with Gasteiger partial charge in [-0.3, -0.25) is 0 Å². The second-order valence-corrected chi connectivity index (χ2v) is 4.56. The van der Waals surface area contributed by atoms with Crippen LogP contribution in [0.3, 0.4) is 0 Å². The van der Waals surface area contributed by atoms with Crippen molar-refractivity contribution in [1.29, 1.82) is 0 Å². The van der Waals surface area contributed by atoms with Crippen molar-refractivity contribution in [3.8, 4) is 5.69 Å². The van der Waals surface area contributed by atoms with Crippen LogP contribution in [0.2, 0.25) is 5.02 Å². The number of rotatable bonds is 4. The largest absolute Gasteiger partial charge is 0.462 e. The molecule has 0 saturated heterocycles. The van der Waals surface area contributed by atoms with Crippen LogP contribution < -0.4 is 0 Å². The molecule has 0 aliphatic heterocycles. The molecule has 0 aliphatic rings. The molecule has 0 unspecified atom stereocenters. The predicted octanol–water partition coefficient (Wildman–Crippen LogP) is 2.50. The van der Waals surface area contributed by atoms with Crippen molar-refractivity contribution in [3.05, 3.63) is 46.2 Å². The van der Waals surface area contributed by atoms with E-state index in [4.69, 9.17) is 16.3 Å². The molecule has 0 bridgehead atoms. The molecule has 0 radical (unpaired) electrons. The molecule has 0 spiro atoms. The molecule has 2 rings (SSSR count). The number of aliphatic hydroxyl groups excluding tert-OH is 1. The first-order chi connectivity index (χ1) is 9.58. The number of aromatic nitrogens is 2. The molecule has 6 heteroatoms. The molecule has 1 N–H and O–H groups in total. The van der Waals surface area contributed by atoms with Gasteiger partial charge in [-0.05, 0) is 32.0 Å². The maximum absolute atomic E-state index is 11.7. The van der Waals surface area contributed by atoms with Gasteiger partial charge in [0.05, 0.1) is 40.9 Å². The van der Waals surface area contributed by atoms with E-state index in [0.29, 0.717) is 34.3 Å². The number of halogens is 1. The Morgan fingerprint density at radius 1 is 1.50 bits per heavy atom. The van der Waals surface area contributed by atoms with Gasteiger partial charge in [0.2, 0.25) is 0 Å². The van der Waals surface area contributed by atoms with Crippen molar-refractivity contribution < 1.29 is 14.6 Å². The fourth-order valence-electron chi connectivity index (χ4n) is 1.89. The summed E-state index contributed by atoms with van der Waals surface area (Å²) in [5, 5.41) is 14.1. The molecule has 0 fully saturated rings. The number of aliphatic hydroxyl groups is 1. The third-order valence-corrected chi connectivity index (χ3v) is 3.32. The fourth-order valence-corrected chi connectivity index (χ4v) is 2.06. The van der Waals surface area contributed by atoms with E-state index in [-0.39, 0.29) is 6.61 Å². The number of benzene rings is 1. The van der Waals surface area contributed by atoms with Gasteiger partial charge in [-0.15, -0.1) is 0 Å². The summed E-state index contributed by atoms with van der Waals surface area (Å²) >= 11 is 6.08. The highest BCUT2D eigenvalue weighted by Gasteiger charge is 2.15. The molecule has 0 amide bonds. The topological polar surface area (TPSA) is 64.4 Å². The average Bonchev–Trinajstić information content (AvgIpc) is 2.75. The monoisotopic (exact) mass is 294 g/mol. The summed E-state index contributed by atoms with van der Waals surface area (Å²) in [7, 11) is 0. The van der Waals surface area contributed by atoms with Gasteiger partial charge in [0, 0.05) is 0 Å². The maximum Gasteiger partial charge on any atom is 0.338 e. The first kappa shape index (κ1) is 14.6. The molecule has 0 atom stereocenters. The Morgan fingerprint density at radius 3 is 2.90 bits per heavy atom. The van der Waals surface area contributed by atoms with Crippen LogP contribution in [-0.4, -0.2) is 27.5 Å². The van der Waals surface area contributed by atoms with Crippen molar-refractivity contribution in [2.45, 2.75) is 20.5 Å². The van der Waals surface area contributed by atoms with Crippen LogP contribution in [0.25, 0.3) is 5.69 Å². The highest BCUT2D eigenvalue weighted by Crippen LogP contribution is 2.23. The summed E-state index contributed by atoms with van der Waals surface area (Å²) in [5.74, 6) is -0.394. The lowest BCUT2D eigenvalue weighted by Gasteiger charge is -2.08. The zero-order valence-corrected chi connectivity index (χ0v) is 12.0. The summed E-state index contributed by atoms with van der Waals surface area (Å²) < 4.78 is 6.49. The molecule has 1 aromatic carbocycles. The number of hydrogen-bond donors (Lipinski definition) is 1. The van der Waals surface area contributed by atoms with Gasteiger partial charge in [0.1, 0.15) is 0 Å². The van der Waals surface area contributed by atoms with E-state index < -0.39 is 5.97 Å². The Kier molecular flexibility index (Phi) is 4.42. The number of carbonyl (C=O) groups excluding carboxylic acids is 1. The zero-order valence-electron chi connectivity index (χ0n) is 11.3. The zero-order chi connectivity index (χ0) is 14.7. The Morgan fingerprint density at radius 2 is 2.25 bits per heavy atom. The van der Waals surface area contributed by atoms with E-state index in [9.17, 15) is 9.90 Å². The molecule has 106 valence electrons. The van der Waals surface area contributed by atoms with Crippen LogP contribution in [-0.2, 0) is 11.3 Å². The number of hydrogen-bond acceptors (Lipinski definition) is 4. The smallest absolute Gasteiger partial charge is 0.338 e. The minimum atomic E-state index is -0.394. The Bertz CT molecular complexity index is 637. The van der Waals surface area contributed by atoms with Gasteiger partial charge in [-0.2, -0.15) is 5.10 Å². The minimum absolute atomic E-state index is 0.233. The summed E-state index contributed by atoms with van der Waals surface area (Å²) in [6.45, 7) is 3.59. The van der Waals surface area contributed by atoms with Gasteiger partial charge in [0.15, 0.2) is 0 Å². The molecule has 5 nitrogen and oxygen atoms in total. The lowest BCUT2D eigenvalue weighted by molar-refractivity contribution is 0.0526. The van der Waals surface area contributed by atoms with E-state index in [0.717, 1.165) is 0 Å². The van der Waals surface area contributed by atoms with Crippen molar-refractivity contribution in [1.82, 2.24) is 9.78 Å². The van der Waals surface area contributed by atoms with Gasteiger partial charge in [-0.25, -0.2) is 9.48 Å². The maximum atomic E-state index is 11.7. The molecule has 1 heterocycles. The van der Waals surface area contributed by atoms with Gasteiger partial charge in [-0.1, -0.05) is 17.7 Å². The van der Waals surface area contributed by atoms with Crippen molar-refractivity contribution in [2.24, 2.45) is 0 Å². The van der Waals surface area contributed by atoms with E-state index >= 15 is 0 Å². The van der Waals surface area contributed by atoms with Crippen LogP contribution >= 0.6 is 11.6 Å². The summed E-state index contributed by atoms with van der Waals surface area (Å²) in [4.78, 5) is 11.7. The standard InChI is InChI=1S/C14H15ClN2O3/c1-3-20-14(19)10-5-4-6-11(7-10)17-12(8-18)13(15)9(2)16-17/h4-7,18H,3,8H2,1-2H3. The molecular weight excluding hydrogens is 280 g/mol. The third-order valence-electron chi connectivity index (χ3n) is 2.83. The van der Waals surface area contributed by atoms with Crippen LogP contribution in [0.5, 0.6) is 0 Å². The van der Waals surface area contributed by atoms with E-state index in [2.05, 4.69) is 5.10 Å². The SMILES string of the molecule is CCOC(=O)c1cccc(-n2nc(C)c(Cl)c2CO)c1. The Labute approximate surface area is 121 Å². The first-order valence-electron chi connectivity index (χ1n) is 6.20. The van der Waals surface area contributed by atoms with Crippen molar-refractivity contribution >= 4 is 17.6 Å². The second-order valence-electron chi connectivity index (χ2n) is 4.19. The number of carbonyl (C=O) groups is 1. The second kappa shape index (κ2) is 6.07. The highest BCUT2D eigenvalue weighted by atomic mass is 35.5. The molecule has 0 saturated carbocycles. The summed E-state index contributed by atoms with van der Waals surface area (Å²) in [6, 6.07) is 6.83. The summed E-state index contributed by atoms with van der Waals surface area (Å²) in [6.07, 6.45) is 0.